The number of aliphatic hydroxyl groups is 1. The van der Waals surface area contributed by atoms with Crippen LogP contribution in [0.5, 0.6) is 0 Å². The number of hydrogen-bond donors (Lipinski definition) is 1. The van der Waals surface area contributed by atoms with Gasteiger partial charge in [-0.1, -0.05) is 12.2 Å². The van der Waals surface area contributed by atoms with Crippen LogP contribution in [0.1, 0.15) is 6.42 Å². The minimum absolute atomic E-state index is 0.244. The van der Waals surface area contributed by atoms with Gasteiger partial charge in [-0.05, 0) is 35.1 Å². The van der Waals surface area contributed by atoms with E-state index in [-0.39, 0.29) is 6.10 Å². The monoisotopic (exact) mass is 222 g/mol. The Bertz CT molecular complexity index is 137. The first-order valence-corrected chi connectivity index (χ1v) is 3.59. The molecule has 0 aliphatic heterocycles. The quantitative estimate of drug-likeness (QED) is 0.617. The Kier molecular flexibility index (Phi) is 2.08. The van der Waals surface area contributed by atoms with Crippen LogP contribution in [0.4, 0.5) is 0 Å². The van der Waals surface area contributed by atoms with E-state index in [1.807, 2.05) is 18.2 Å². The van der Waals surface area contributed by atoms with E-state index in [0.29, 0.717) is 0 Å². The molecular weight excluding hydrogens is 215 g/mol. The highest BCUT2D eigenvalue weighted by atomic mass is 127. The second-order valence-electron chi connectivity index (χ2n) is 1.76. The van der Waals surface area contributed by atoms with Crippen molar-refractivity contribution < 1.29 is 5.11 Å². The zero-order chi connectivity index (χ0) is 5.98. The molecule has 0 aromatic heterocycles. The molecule has 0 saturated carbocycles. The summed E-state index contributed by atoms with van der Waals surface area (Å²) in [7, 11) is 0. The predicted octanol–water partition coefficient (Wildman–Crippen LogP) is 1.63. The van der Waals surface area contributed by atoms with Crippen LogP contribution in [-0.2, 0) is 0 Å². The summed E-state index contributed by atoms with van der Waals surface area (Å²) in [5, 5.41) is 8.95. The third-order valence-electron chi connectivity index (χ3n) is 1.01. The first-order valence-electron chi connectivity index (χ1n) is 2.51. The third-order valence-corrected chi connectivity index (χ3v) is 1.73. The summed E-state index contributed by atoms with van der Waals surface area (Å²) in [5.41, 5.74) is 0. The summed E-state index contributed by atoms with van der Waals surface area (Å²) < 4.78 is 1.13. The van der Waals surface area contributed by atoms with Gasteiger partial charge in [-0.2, -0.15) is 0 Å². The summed E-state index contributed by atoms with van der Waals surface area (Å²) in [6, 6.07) is 0. The number of hydrogen-bond acceptors (Lipinski definition) is 1. The van der Waals surface area contributed by atoms with Crippen molar-refractivity contribution in [1.82, 2.24) is 0 Å². The lowest BCUT2D eigenvalue weighted by molar-refractivity contribution is 0.225. The van der Waals surface area contributed by atoms with Crippen LogP contribution < -0.4 is 0 Å². The van der Waals surface area contributed by atoms with E-state index in [1.165, 1.54) is 0 Å². The van der Waals surface area contributed by atoms with E-state index in [1.54, 1.807) is 0 Å². The van der Waals surface area contributed by atoms with Crippen molar-refractivity contribution in [3.05, 3.63) is 21.8 Å². The Balaban J connectivity index is 2.63. The predicted molar refractivity (Wildman–Crippen MR) is 41.9 cm³/mol. The minimum atomic E-state index is -0.244. The molecule has 0 amide bonds. The van der Waals surface area contributed by atoms with Crippen molar-refractivity contribution in [2.75, 3.05) is 0 Å². The molecule has 1 aliphatic rings. The molecule has 0 aromatic carbocycles. The van der Waals surface area contributed by atoms with Crippen molar-refractivity contribution in [1.29, 1.82) is 0 Å². The van der Waals surface area contributed by atoms with Gasteiger partial charge in [-0.15, -0.1) is 0 Å². The summed E-state index contributed by atoms with van der Waals surface area (Å²) in [5.74, 6) is 0. The highest BCUT2D eigenvalue weighted by molar-refractivity contribution is 14.1. The summed E-state index contributed by atoms with van der Waals surface area (Å²) >= 11 is 2.19. The lowest BCUT2D eigenvalue weighted by atomic mass is 10.1. The Labute approximate surface area is 62.2 Å². The average molecular weight is 222 g/mol. The smallest absolute Gasteiger partial charge is 0.0768 e. The molecule has 0 radical (unpaired) electrons. The lowest BCUT2D eigenvalue weighted by Crippen LogP contribution is -2.02. The molecule has 0 spiro atoms. The van der Waals surface area contributed by atoms with E-state index < -0.39 is 0 Å². The van der Waals surface area contributed by atoms with Gasteiger partial charge in [0.2, 0.25) is 0 Å². The van der Waals surface area contributed by atoms with Gasteiger partial charge in [0.15, 0.2) is 0 Å². The summed E-state index contributed by atoms with van der Waals surface area (Å²) in [6.07, 6.45) is 6.36. The molecule has 0 saturated heterocycles. The third kappa shape index (κ3) is 1.59. The molecule has 44 valence electrons. The van der Waals surface area contributed by atoms with E-state index in [0.717, 1.165) is 10.0 Å². The minimum Gasteiger partial charge on any atom is -0.389 e. The fourth-order valence-electron chi connectivity index (χ4n) is 0.627. The maximum atomic E-state index is 8.95. The molecule has 0 fully saturated rings. The number of halogens is 1. The molecule has 1 nitrogen and oxygen atoms in total. The molecule has 0 aromatic rings. The maximum Gasteiger partial charge on any atom is 0.0768 e. The van der Waals surface area contributed by atoms with Crippen molar-refractivity contribution in [3.8, 4) is 0 Å². The highest BCUT2D eigenvalue weighted by Crippen LogP contribution is 2.15. The van der Waals surface area contributed by atoms with Crippen molar-refractivity contribution in [2.45, 2.75) is 12.5 Å². The van der Waals surface area contributed by atoms with Crippen LogP contribution in [0.15, 0.2) is 21.8 Å². The van der Waals surface area contributed by atoms with Gasteiger partial charge in [0.1, 0.15) is 0 Å². The number of allylic oxidation sites excluding steroid dienone is 2. The van der Waals surface area contributed by atoms with Crippen LogP contribution in [0.25, 0.3) is 0 Å². The zero-order valence-electron chi connectivity index (χ0n) is 4.34. The van der Waals surface area contributed by atoms with Crippen molar-refractivity contribution in [2.24, 2.45) is 0 Å². The van der Waals surface area contributed by atoms with Crippen LogP contribution in [0.3, 0.4) is 0 Å². The lowest BCUT2D eigenvalue weighted by Gasteiger charge is -2.05. The van der Waals surface area contributed by atoms with E-state index in [9.17, 15) is 0 Å². The molecule has 0 heterocycles. The first-order chi connectivity index (χ1) is 3.79. The molecule has 0 bridgehead atoms. The Hall–Kier alpha value is 0.170. The normalized spacial score (nSPS) is 27.8. The topological polar surface area (TPSA) is 20.2 Å². The van der Waals surface area contributed by atoms with Crippen molar-refractivity contribution >= 4 is 22.6 Å². The zero-order valence-corrected chi connectivity index (χ0v) is 6.50. The van der Waals surface area contributed by atoms with Gasteiger partial charge >= 0.3 is 0 Å². The van der Waals surface area contributed by atoms with Crippen LogP contribution >= 0.6 is 22.6 Å². The average Bonchev–Trinajstić information content (AvgIpc) is 1.64. The summed E-state index contributed by atoms with van der Waals surface area (Å²) in [4.78, 5) is 0. The molecule has 1 atom stereocenters. The standard InChI is InChI=1S/C6H7IO/c7-5-2-1-3-6(8)4-5/h1-2,4,6,8H,3H2. The molecular formula is C6H7IO. The molecule has 8 heavy (non-hydrogen) atoms. The molecule has 1 unspecified atom stereocenters. The molecule has 1 rings (SSSR count). The first kappa shape index (κ1) is 6.29. The van der Waals surface area contributed by atoms with Crippen LogP contribution in [0.2, 0.25) is 0 Å². The fraction of sp³-hybridized carbons (Fsp3) is 0.333. The highest BCUT2D eigenvalue weighted by Gasteiger charge is 2.00. The second kappa shape index (κ2) is 2.64. The molecule has 1 aliphatic carbocycles. The Morgan fingerprint density at radius 2 is 2.50 bits per heavy atom. The fourth-order valence-corrected chi connectivity index (χ4v) is 1.30. The Morgan fingerprint density at radius 1 is 1.75 bits per heavy atom. The molecule has 1 N–H and O–H groups in total. The van der Waals surface area contributed by atoms with Gasteiger partial charge in [0.05, 0.1) is 6.10 Å². The largest absolute Gasteiger partial charge is 0.389 e. The Morgan fingerprint density at radius 3 is 2.88 bits per heavy atom. The van der Waals surface area contributed by atoms with Crippen LogP contribution in [-0.4, -0.2) is 11.2 Å². The van der Waals surface area contributed by atoms with E-state index >= 15 is 0 Å². The number of aliphatic hydroxyl groups excluding tert-OH is 1. The van der Waals surface area contributed by atoms with Gasteiger partial charge in [-0.25, -0.2) is 0 Å². The van der Waals surface area contributed by atoms with Gasteiger partial charge in [0.25, 0.3) is 0 Å². The van der Waals surface area contributed by atoms with E-state index in [2.05, 4.69) is 22.6 Å². The maximum absolute atomic E-state index is 8.95. The van der Waals surface area contributed by atoms with Crippen molar-refractivity contribution in [3.63, 3.8) is 0 Å². The van der Waals surface area contributed by atoms with Gasteiger partial charge in [0, 0.05) is 3.58 Å². The van der Waals surface area contributed by atoms with Gasteiger partial charge < -0.3 is 5.11 Å². The van der Waals surface area contributed by atoms with Gasteiger partial charge in [-0.3, -0.25) is 0 Å². The number of rotatable bonds is 0. The second-order valence-corrected chi connectivity index (χ2v) is 3.00. The molecule has 2 heteroatoms. The van der Waals surface area contributed by atoms with Crippen LogP contribution in [0, 0.1) is 0 Å². The van der Waals surface area contributed by atoms with E-state index in [4.69, 9.17) is 5.11 Å². The SMILES string of the molecule is OC1C=C(I)C=CC1. The summed E-state index contributed by atoms with van der Waals surface area (Å²) in [6.45, 7) is 0.